The number of carbonyl (C=O) groups excluding carboxylic acids is 1. The lowest BCUT2D eigenvalue weighted by molar-refractivity contribution is -0.120. The Kier molecular flexibility index (Phi) is 4.11. The number of aromatic nitrogens is 1. The van der Waals surface area contributed by atoms with Gasteiger partial charge in [0.1, 0.15) is 17.3 Å². The summed E-state index contributed by atoms with van der Waals surface area (Å²) in [5.41, 5.74) is 1.60. The molecule has 0 aromatic carbocycles. The number of nitrogens with zero attached hydrogens (tertiary/aromatic N) is 1. The number of carbonyl (C=O) groups is 1. The summed E-state index contributed by atoms with van der Waals surface area (Å²) >= 11 is 1.62. The molecule has 0 unspecified atom stereocenters. The number of nitrogens with one attached hydrogen (secondary N) is 1. The fourth-order valence-corrected chi connectivity index (χ4v) is 2.87. The molecule has 0 spiro atoms. The zero-order valence-corrected chi connectivity index (χ0v) is 13.2. The molecule has 0 aliphatic carbocycles. The molecule has 0 saturated carbocycles. The molecule has 0 bridgehead atoms. The van der Waals surface area contributed by atoms with Crippen LogP contribution in [0.2, 0.25) is 0 Å². The highest BCUT2D eigenvalue weighted by atomic mass is 32.1. The lowest BCUT2D eigenvalue weighted by Gasteiger charge is -2.03. The Bertz CT molecular complexity index is 752. The smallest absolute Gasteiger partial charge is 0.225 e. The topological polar surface area (TPSA) is 68.3 Å². The van der Waals surface area contributed by atoms with Crippen molar-refractivity contribution >= 4 is 17.2 Å². The minimum absolute atomic E-state index is 0.0801. The highest BCUT2D eigenvalue weighted by Gasteiger charge is 2.14. The van der Waals surface area contributed by atoms with Crippen molar-refractivity contribution < 1.29 is 13.7 Å². The molecule has 114 valence electrons. The normalized spacial score (nSPS) is 10.8. The number of amides is 1. The first-order valence-corrected chi connectivity index (χ1v) is 7.82. The first kappa shape index (κ1) is 14.6. The number of hydrogen-bond donors (Lipinski definition) is 1. The standard InChI is InChI=1S/C16H16N2O3S/c1-10-13(11(2)21-18-10)8-16(19)17-9-12-5-6-14(20-12)15-4-3-7-22-15/h3-7H,8-9H2,1-2H3,(H,17,19). The molecule has 3 aromatic rings. The molecule has 3 aromatic heterocycles. The predicted octanol–water partition coefficient (Wildman–Crippen LogP) is 3.47. The maximum absolute atomic E-state index is 12.0. The molecule has 0 atom stereocenters. The van der Waals surface area contributed by atoms with Gasteiger partial charge >= 0.3 is 0 Å². The summed E-state index contributed by atoms with van der Waals surface area (Å²) in [5.74, 6) is 2.16. The van der Waals surface area contributed by atoms with Crippen molar-refractivity contribution in [2.75, 3.05) is 0 Å². The van der Waals surface area contributed by atoms with Crippen molar-refractivity contribution in [1.82, 2.24) is 10.5 Å². The first-order valence-electron chi connectivity index (χ1n) is 6.94. The molecular weight excluding hydrogens is 300 g/mol. The Balaban J connectivity index is 1.57. The Hall–Kier alpha value is -2.34. The van der Waals surface area contributed by atoms with E-state index in [9.17, 15) is 4.79 Å². The molecule has 3 heterocycles. The Labute approximate surface area is 131 Å². The summed E-state index contributed by atoms with van der Waals surface area (Å²) < 4.78 is 10.8. The molecule has 6 heteroatoms. The van der Waals surface area contributed by atoms with Crippen molar-refractivity contribution in [2.24, 2.45) is 0 Å². The van der Waals surface area contributed by atoms with Crippen LogP contribution in [-0.2, 0) is 17.8 Å². The van der Waals surface area contributed by atoms with Crippen molar-refractivity contribution in [1.29, 1.82) is 0 Å². The zero-order chi connectivity index (χ0) is 15.5. The largest absolute Gasteiger partial charge is 0.458 e. The van der Waals surface area contributed by atoms with E-state index in [-0.39, 0.29) is 12.3 Å². The second kappa shape index (κ2) is 6.19. The van der Waals surface area contributed by atoms with Gasteiger partial charge in [-0.05, 0) is 37.4 Å². The minimum atomic E-state index is -0.0801. The van der Waals surface area contributed by atoms with Crippen LogP contribution in [-0.4, -0.2) is 11.1 Å². The van der Waals surface area contributed by atoms with Crippen molar-refractivity contribution in [3.8, 4) is 10.6 Å². The number of thiophene rings is 1. The van der Waals surface area contributed by atoms with Gasteiger partial charge in [-0.1, -0.05) is 11.2 Å². The Morgan fingerprint density at radius 2 is 2.18 bits per heavy atom. The number of rotatable bonds is 5. The maximum atomic E-state index is 12.0. The highest BCUT2D eigenvalue weighted by molar-refractivity contribution is 7.13. The van der Waals surface area contributed by atoms with Gasteiger partial charge < -0.3 is 14.3 Å². The van der Waals surface area contributed by atoms with Crippen LogP contribution in [0.25, 0.3) is 10.6 Å². The van der Waals surface area contributed by atoms with Crippen LogP contribution in [0.1, 0.15) is 22.8 Å². The average Bonchev–Trinajstić information content (AvgIpc) is 3.22. The predicted molar refractivity (Wildman–Crippen MR) is 83.5 cm³/mol. The number of hydrogen-bond acceptors (Lipinski definition) is 5. The summed E-state index contributed by atoms with van der Waals surface area (Å²) in [6.07, 6.45) is 0.264. The molecule has 22 heavy (non-hydrogen) atoms. The molecule has 0 aliphatic rings. The van der Waals surface area contributed by atoms with Crippen molar-refractivity contribution in [3.63, 3.8) is 0 Å². The molecule has 5 nitrogen and oxygen atoms in total. The van der Waals surface area contributed by atoms with Gasteiger partial charge in [0.05, 0.1) is 23.5 Å². The number of aryl methyl sites for hydroxylation is 2. The summed E-state index contributed by atoms with van der Waals surface area (Å²) in [7, 11) is 0. The molecule has 1 amide bonds. The van der Waals surface area contributed by atoms with E-state index in [1.807, 2.05) is 43.5 Å². The molecule has 0 fully saturated rings. The quantitative estimate of drug-likeness (QED) is 0.782. The fourth-order valence-electron chi connectivity index (χ4n) is 2.19. The van der Waals surface area contributed by atoms with Gasteiger partial charge in [0.25, 0.3) is 0 Å². The van der Waals surface area contributed by atoms with Gasteiger partial charge in [-0.25, -0.2) is 0 Å². The van der Waals surface area contributed by atoms with Crippen molar-refractivity contribution in [3.05, 3.63) is 52.4 Å². The molecule has 3 rings (SSSR count). The zero-order valence-electron chi connectivity index (χ0n) is 12.4. The second-order valence-corrected chi connectivity index (χ2v) is 5.95. The van der Waals surface area contributed by atoms with E-state index in [0.29, 0.717) is 12.3 Å². The van der Waals surface area contributed by atoms with E-state index < -0.39 is 0 Å². The van der Waals surface area contributed by atoms with Crippen LogP contribution in [0, 0.1) is 13.8 Å². The maximum Gasteiger partial charge on any atom is 0.225 e. The molecular formula is C16H16N2O3S. The van der Waals surface area contributed by atoms with Crippen LogP contribution < -0.4 is 5.32 Å². The van der Waals surface area contributed by atoms with E-state index in [4.69, 9.17) is 8.94 Å². The summed E-state index contributed by atoms with van der Waals surface area (Å²) in [4.78, 5) is 13.1. The van der Waals surface area contributed by atoms with E-state index in [1.54, 1.807) is 11.3 Å². The minimum Gasteiger partial charge on any atom is -0.458 e. The van der Waals surface area contributed by atoms with Gasteiger partial charge in [0, 0.05) is 5.56 Å². The average molecular weight is 316 g/mol. The number of furan rings is 1. The van der Waals surface area contributed by atoms with E-state index in [2.05, 4.69) is 10.5 Å². The molecule has 0 saturated heterocycles. The van der Waals surface area contributed by atoms with Crippen LogP contribution >= 0.6 is 11.3 Å². The molecule has 0 radical (unpaired) electrons. The molecule has 1 N–H and O–H groups in total. The van der Waals surface area contributed by atoms with Crippen LogP contribution in [0.4, 0.5) is 0 Å². The lowest BCUT2D eigenvalue weighted by atomic mass is 10.1. The van der Waals surface area contributed by atoms with Crippen LogP contribution in [0.15, 0.2) is 38.6 Å². The van der Waals surface area contributed by atoms with E-state index >= 15 is 0 Å². The van der Waals surface area contributed by atoms with E-state index in [1.165, 1.54) is 0 Å². The van der Waals surface area contributed by atoms with E-state index in [0.717, 1.165) is 27.7 Å². The van der Waals surface area contributed by atoms with Gasteiger partial charge in [0.15, 0.2) is 0 Å². The Morgan fingerprint density at radius 1 is 1.32 bits per heavy atom. The van der Waals surface area contributed by atoms with Gasteiger partial charge in [0.2, 0.25) is 5.91 Å². The second-order valence-electron chi connectivity index (χ2n) is 5.00. The molecule has 0 aliphatic heterocycles. The summed E-state index contributed by atoms with van der Waals surface area (Å²) in [6.45, 7) is 4.01. The first-order chi connectivity index (χ1) is 10.6. The fraction of sp³-hybridized carbons (Fsp3) is 0.250. The van der Waals surface area contributed by atoms with Crippen molar-refractivity contribution in [2.45, 2.75) is 26.8 Å². The third-order valence-electron chi connectivity index (χ3n) is 3.40. The highest BCUT2D eigenvalue weighted by Crippen LogP contribution is 2.26. The SMILES string of the molecule is Cc1noc(C)c1CC(=O)NCc1ccc(-c2cccs2)o1. The van der Waals surface area contributed by atoms with Crippen LogP contribution in [0.5, 0.6) is 0 Å². The third-order valence-corrected chi connectivity index (χ3v) is 4.29. The Morgan fingerprint density at radius 3 is 2.86 bits per heavy atom. The van der Waals surface area contributed by atoms with Gasteiger partial charge in [-0.15, -0.1) is 11.3 Å². The van der Waals surface area contributed by atoms with Gasteiger partial charge in [-0.3, -0.25) is 4.79 Å². The lowest BCUT2D eigenvalue weighted by Crippen LogP contribution is -2.24. The monoisotopic (exact) mass is 316 g/mol. The summed E-state index contributed by atoms with van der Waals surface area (Å²) in [6, 6.07) is 7.78. The van der Waals surface area contributed by atoms with Crippen LogP contribution in [0.3, 0.4) is 0 Å². The third kappa shape index (κ3) is 3.12. The summed E-state index contributed by atoms with van der Waals surface area (Å²) in [5, 5.41) is 8.70. The van der Waals surface area contributed by atoms with Gasteiger partial charge in [-0.2, -0.15) is 0 Å².